The first kappa shape index (κ1) is 15.9. The molecule has 122 valence electrons. The van der Waals surface area contributed by atoms with Gasteiger partial charge in [0, 0.05) is 5.56 Å². The molecule has 6 nitrogen and oxygen atoms in total. The highest BCUT2D eigenvalue weighted by atomic mass is 32.1. The largest absolute Gasteiger partial charge is 0.497 e. The van der Waals surface area contributed by atoms with Gasteiger partial charge in [-0.25, -0.2) is 0 Å². The van der Waals surface area contributed by atoms with Crippen LogP contribution in [0.1, 0.15) is 0 Å². The zero-order chi connectivity index (χ0) is 16.8. The summed E-state index contributed by atoms with van der Waals surface area (Å²) in [5.41, 5.74) is 0.963. The van der Waals surface area contributed by atoms with Crippen molar-refractivity contribution in [3.05, 3.63) is 54.6 Å². The van der Waals surface area contributed by atoms with E-state index in [1.54, 1.807) is 31.4 Å². The molecule has 3 aromatic rings. The van der Waals surface area contributed by atoms with Gasteiger partial charge in [-0.3, -0.25) is 10.1 Å². The topological polar surface area (TPSA) is 73.3 Å². The number of nitrogens with zero attached hydrogens (tertiary/aromatic N) is 2. The predicted molar refractivity (Wildman–Crippen MR) is 92.5 cm³/mol. The SMILES string of the molecule is COc1ccc(OCC(=O)Nc2nnc(-c3ccccc3)s2)cc1. The minimum Gasteiger partial charge on any atom is -0.497 e. The van der Waals surface area contributed by atoms with Crippen LogP contribution in [0.25, 0.3) is 10.6 Å². The second-order valence-electron chi connectivity index (χ2n) is 4.79. The number of hydrogen-bond donors (Lipinski definition) is 1. The Morgan fingerprint density at radius 3 is 2.46 bits per heavy atom. The van der Waals surface area contributed by atoms with Crippen LogP contribution in [0.15, 0.2) is 54.6 Å². The van der Waals surface area contributed by atoms with Gasteiger partial charge in [0.1, 0.15) is 16.5 Å². The molecule has 2 aromatic carbocycles. The average Bonchev–Trinajstić information content (AvgIpc) is 3.09. The van der Waals surface area contributed by atoms with Gasteiger partial charge in [-0.1, -0.05) is 41.7 Å². The summed E-state index contributed by atoms with van der Waals surface area (Å²) >= 11 is 1.31. The van der Waals surface area contributed by atoms with Crippen molar-refractivity contribution >= 4 is 22.4 Å². The molecule has 1 aromatic heterocycles. The average molecular weight is 341 g/mol. The highest BCUT2D eigenvalue weighted by molar-refractivity contribution is 7.18. The third kappa shape index (κ3) is 4.08. The lowest BCUT2D eigenvalue weighted by Crippen LogP contribution is -2.20. The molecule has 24 heavy (non-hydrogen) atoms. The molecule has 0 saturated carbocycles. The molecule has 0 bridgehead atoms. The maximum atomic E-state index is 11.9. The van der Waals surface area contributed by atoms with E-state index in [9.17, 15) is 4.79 Å². The van der Waals surface area contributed by atoms with Gasteiger partial charge in [0.05, 0.1) is 7.11 Å². The Bertz CT molecular complexity index is 803. The van der Waals surface area contributed by atoms with Crippen molar-refractivity contribution in [2.75, 3.05) is 19.0 Å². The highest BCUT2D eigenvalue weighted by Gasteiger charge is 2.10. The van der Waals surface area contributed by atoms with E-state index < -0.39 is 0 Å². The number of benzene rings is 2. The van der Waals surface area contributed by atoms with E-state index in [1.807, 2.05) is 30.3 Å². The first-order valence-corrected chi connectivity index (χ1v) is 8.02. The Kier molecular flexibility index (Phi) is 5.02. The van der Waals surface area contributed by atoms with Gasteiger partial charge >= 0.3 is 0 Å². The number of ether oxygens (including phenoxy) is 2. The maximum Gasteiger partial charge on any atom is 0.264 e. The quantitative estimate of drug-likeness (QED) is 0.745. The van der Waals surface area contributed by atoms with Crippen LogP contribution in [0, 0.1) is 0 Å². The number of amides is 1. The van der Waals surface area contributed by atoms with Gasteiger partial charge in [0.2, 0.25) is 5.13 Å². The summed E-state index contributed by atoms with van der Waals surface area (Å²) in [6, 6.07) is 16.7. The molecule has 0 radical (unpaired) electrons. The summed E-state index contributed by atoms with van der Waals surface area (Å²) in [5, 5.41) is 11.9. The summed E-state index contributed by atoms with van der Waals surface area (Å²) in [6.45, 7) is -0.105. The van der Waals surface area contributed by atoms with Crippen LogP contribution in [0.2, 0.25) is 0 Å². The van der Waals surface area contributed by atoms with E-state index >= 15 is 0 Å². The second-order valence-corrected chi connectivity index (χ2v) is 5.77. The Labute approximate surface area is 143 Å². The van der Waals surface area contributed by atoms with Gasteiger partial charge in [0.15, 0.2) is 6.61 Å². The Morgan fingerprint density at radius 2 is 1.75 bits per heavy atom. The fourth-order valence-electron chi connectivity index (χ4n) is 1.95. The highest BCUT2D eigenvalue weighted by Crippen LogP contribution is 2.25. The molecule has 0 aliphatic heterocycles. The number of anilines is 1. The molecule has 7 heteroatoms. The number of carbonyl (C=O) groups is 1. The van der Waals surface area contributed by atoms with Crippen LogP contribution >= 0.6 is 11.3 Å². The zero-order valence-electron chi connectivity index (χ0n) is 12.9. The smallest absolute Gasteiger partial charge is 0.264 e. The van der Waals surface area contributed by atoms with Crippen molar-refractivity contribution < 1.29 is 14.3 Å². The summed E-state index contributed by atoms with van der Waals surface area (Å²) in [4.78, 5) is 11.9. The molecule has 0 fully saturated rings. The lowest BCUT2D eigenvalue weighted by Gasteiger charge is -2.06. The van der Waals surface area contributed by atoms with Crippen LogP contribution < -0.4 is 14.8 Å². The molecule has 0 atom stereocenters. The van der Waals surface area contributed by atoms with Crippen LogP contribution in [-0.2, 0) is 4.79 Å². The van der Waals surface area contributed by atoms with Crippen molar-refractivity contribution in [1.29, 1.82) is 0 Å². The summed E-state index contributed by atoms with van der Waals surface area (Å²) < 4.78 is 10.5. The molecule has 3 rings (SSSR count). The summed E-state index contributed by atoms with van der Waals surface area (Å²) in [7, 11) is 1.59. The number of carbonyl (C=O) groups excluding carboxylic acids is 1. The number of methoxy groups -OCH3 is 1. The van der Waals surface area contributed by atoms with Gasteiger partial charge in [0.25, 0.3) is 5.91 Å². The number of nitrogens with one attached hydrogen (secondary N) is 1. The summed E-state index contributed by atoms with van der Waals surface area (Å²) in [5.74, 6) is 1.03. The first-order chi connectivity index (χ1) is 11.7. The van der Waals surface area contributed by atoms with E-state index in [0.717, 1.165) is 16.3 Å². The van der Waals surface area contributed by atoms with Crippen molar-refractivity contribution in [2.24, 2.45) is 0 Å². The molecular weight excluding hydrogens is 326 g/mol. The van der Waals surface area contributed by atoms with E-state index in [1.165, 1.54) is 11.3 Å². The Hall–Kier alpha value is -2.93. The summed E-state index contributed by atoms with van der Waals surface area (Å²) in [6.07, 6.45) is 0. The first-order valence-electron chi connectivity index (χ1n) is 7.20. The third-order valence-electron chi connectivity index (χ3n) is 3.12. The van der Waals surface area contributed by atoms with E-state index in [-0.39, 0.29) is 12.5 Å². The Morgan fingerprint density at radius 1 is 1.04 bits per heavy atom. The minimum atomic E-state index is -0.290. The zero-order valence-corrected chi connectivity index (χ0v) is 13.7. The lowest BCUT2D eigenvalue weighted by atomic mass is 10.2. The monoisotopic (exact) mass is 341 g/mol. The number of aromatic nitrogens is 2. The van der Waals surface area contributed by atoms with E-state index in [4.69, 9.17) is 9.47 Å². The molecule has 0 aliphatic carbocycles. The number of hydrogen-bond acceptors (Lipinski definition) is 6. The van der Waals surface area contributed by atoms with Gasteiger partial charge in [-0.15, -0.1) is 10.2 Å². The van der Waals surface area contributed by atoms with E-state index in [0.29, 0.717) is 10.9 Å². The third-order valence-corrected chi connectivity index (χ3v) is 4.01. The van der Waals surface area contributed by atoms with Crippen molar-refractivity contribution in [1.82, 2.24) is 10.2 Å². The predicted octanol–water partition coefficient (Wildman–Crippen LogP) is 3.23. The van der Waals surface area contributed by atoms with Crippen molar-refractivity contribution in [3.8, 4) is 22.1 Å². The molecule has 0 saturated heterocycles. The normalized spacial score (nSPS) is 10.2. The standard InChI is InChI=1S/C17H15N3O3S/c1-22-13-7-9-14(10-8-13)23-11-15(21)18-17-20-19-16(24-17)12-5-3-2-4-6-12/h2-10H,11H2,1H3,(H,18,20,21). The maximum absolute atomic E-state index is 11.9. The lowest BCUT2D eigenvalue weighted by molar-refractivity contribution is -0.118. The molecule has 1 N–H and O–H groups in total. The van der Waals surface area contributed by atoms with Crippen LogP contribution in [0.4, 0.5) is 5.13 Å². The number of rotatable bonds is 6. The van der Waals surface area contributed by atoms with Crippen LogP contribution in [0.3, 0.4) is 0 Å². The molecular formula is C17H15N3O3S. The van der Waals surface area contributed by atoms with Gasteiger partial charge in [-0.2, -0.15) is 0 Å². The Balaban J connectivity index is 1.54. The van der Waals surface area contributed by atoms with Crippen LogP contribution in [0.5, 0.6) is 11.5 Å². The molecule has 0 unspecified atom stereocenters. The minimum absolute atomic E-state index is 0.105. The van der Waals surface area contributed by atoms with E-state index in [2.05, 4.69) is 15.5 Å². The second kappa shape index (κ2) is 7.56. The van der Waals surface area contributed by atoms with Crippen molar-refractivity contribution in [2.45, 2.75) is 0 Å². The molecule has 0 spiro atoms. The fraction of sp³-hybridized carbons (Fsp3) is 0.118. The molecule has 0 aliphatic rings. The van der Waals surface area contributed by atoms with Crippen LogP contribution in [-0.4, -0.2) is 29.8 Å². The molecule has 1 amide bonds. The van der Waals surface area contributed by atoms with Gasteiger partial charge < -0.3 is 9.47 Å². The molecule has 1 heterocycles. The van der Waals surface area contributed by atoms with Crippen molar-refractivity contribution in [3.63, 3.8) is 0 Å². The van der Waals surface area contributed by atoms with Gasteiger partial charge in [-0.05, 0) is 24.3 Å². The fourth-order valence-corrected chi connectivity index (χ4v) is 2.71.